The van der Waals surface area contributed by atoms with Crippen LogP contribution in [-0.2, 0) is 9.59 Å². The molecule has 0 spiro atoms. The van der Waals surface area contributed by atoms with Gasteiger partial charge in [0.15, 0.2) is 0 Å². The molecular weight excluding hydrogens is 344 g/mol. The number of amides is 2. The Labute approximate surface area is 150 Å². The Kier molecular flexibility index (Phi) is 4.81. The lowest BCUT2D eigenvalue weighted by atomic mass is 10.1. The van der Waals surface area contributed by atoms with Gasteiger partial charge in [0.1, 0.15) is 11.5 Å². The van der Waals surface area contributed by atoms with E-state index in [-0.39, 0.29) is 30.5 Å². The van der Waals surface area contributed by atoms with E-state index in [9.17, 15) is 14.7 Å². The van der Waals surface area contributed by atoms with E-state index >= 15 is 0 Å². The van der Waals surface area contributed by atoms with E-state index in [1.54, 1.807) is 36.4 Å². The zero-order chi connectivity index (χ0) is 18.0. The molecule has 0 saturated carbocycles. The number of halogens is 1. The Balaban J connectivity index is 1.78. The molecule has 0 radical (unpaired) electrons. The van der Waals surface area contributed by atoms with Gasteiger partial charge in [0.2, 0.25) is 11.8 Å². The fourth-order valence-electron chi connectivity index (χ4n) is 2.80. The van der Waals surface area contributed by atoms with E-state index in [1.165, 1.54) is 18.1 Å². The number of hydrogen-bond donors (Lipinski definition) is 2. The number of rotatable bonds is 4. The minimum absolute atomic E-state index is 0.0199. The van der Waals surface area contributed by atoms with Crippen molar-refractivity contribution < 1.29 is 19.4 Å². The van der Waals surface area contributed by atoms with E-state index in [4.69, 9.17) is 16.3 Å². The number of nitrogens with one attached hydrogen (secondary N) is 1. The second kappa shape index (κ2) is 7.03. The Morgan fingerprint density at radius 3 is 2.80 bits per heavy atom. The molecule has 25 heavy (non-hydrogen) atoms. The van der Waals surface area contributed by atoms with Crippen molar-refractivity contribution in [2.45, 2.75) is 6.42 Å². The molecule has 2 N–H and O–H groups in total. The van der Waals surface area contributed by atoms with Gasteiger partial charge in [-0.2, -0.15) is 0 Å². The van der Waals surface area contributed by atoms with Crippen LogP contribution in [0.25, 0.3) is 0 Å². The summed E-state index contributed by atoms with van der Waals surface area (Å²) in [7, 11) is 1.51. The smallest absolute Gasteiger partial charge is 0.229 e. The van der Waals surface area contributed by atoms with Gasteiger partial charge in [0.05, 0.1) is 24.4 Å². The first-order valence-corrected chi connectivity index (χ1v) is 8.10. The summed E-state index contributed by atoms with van der Waals surface area (Å²) in [5.74, 6) is -0.541. The van der Waals surface area contributed by atoms with E-state index in [2.05, 4.69) is 5.32 Å². The van der Waals surface area contributed by atoms with Gasteiger partial charge in [-0.05, 0) is 30.3 Å². The lowest BCUT2D eigenvalue weighted by Crippen LogP contribution is -2.28. The topological polar surface area (TPSA) is 78.9 Å². The molecule has 3 rings (SSSR count). The van der Waals surface area contributed by atoms with E-state index < -0.39 is 5.92 Å². The van der Waals surface area contributed by atoms with Crippen LogP contribution in [0.5, 0.6) is 11.5 Å². The zero-order valence-corrected chi connectivity index (χ0v) is 14.3. The molecule has 1 fully saturated rings. The van der Waals surface area contributed by atoms with Crippen molar-refractivity contribution in [1.29, 1.82) is 0 Å². The van der Waals surface area contributed by atoms with E-state index in [0.29, 0.717) is 22.1 Å². The summed E-state index contributed by atoms with van der Waals surface area (Å²) in [4.78, 5) is 26.3. The zero-order valence-electron chi connectivity index (χ0n) is 13.5. The largest absolute Gasteiger partial charge is 0.506 e. The Morgan fingerprint density at radius 1 is 1.32 bits per heavy atom. The SMILES string of the molecule is COc1ccc(Cl)cc1N1CC(C(=O)Nc2ccccc2O)CC1=O. The molecule has 0 aromatic heterocycles. The third-order valence-electron chi connectivity index (χ3n) is 4.09. The summed E-state index contributed by atoms with van der Waals surface area (Å²) >= 11 is 6.02. The number of benzene rings is 2. The minimum atomic E-state index is -0.532. The third-order valence-corrected chi connectivity index (χ3v) is 4.32. The molecule has 1 atom stereocenters. The van der Waals surface area contributed by atoms with Gasteiger partial charge in [0, 0.05) is 18.0 Å². The summed E-state index contributed by atoms with van der Waals surface area (Å²) in [5.41, 5.74) is 0.858. The first kappa shape index (κ1) is 17.1. The first-order valence-electron chi connectivity index (χ1n) is 7.72. The lowest BCUT2D eigenvalue weighted by Gasteiger charge is -2.20. The first-order chi connectivity index (χ1) is 12.0. The van der Waals surface area contributed by atoms with Crippen LogP contribution in [0.15, 0.2) is 42.5 Å². The molecule has 130 valence electrons. The van der Waals surface area contributed by atoms with E-state index in [0.717, 1.165) is 0 Å². The average Bonchev–Trinajstić information content (AvgIpc) is 2.98. The molecule has 6 nitrogen and oxygen atoms in total. The highest BCUT2D eigenvalue weighted by molar-refractivity contribution is 6.31. The molecule has 2 aromatic rings. The number of hydrogen-bond acceptors (Lipinski definition) is 4. The molecule has 1 aliphatic rings. The third kappa shape index (κ3) is 3.53. The number of carbonyl (C=O) groups is 2. The maximum atomic E-state index is 12.5. The van der Waals surface area contributed by atoms with E-state index in [1.807, 2.05) is 0 Å². The van der Waals surface area contributed by atoms with Crippen LogP contribution in [0.3, 0.4) is 0 Å². The number of phenolic OH excluding ortho intramolecular Hbond substituents is 1. The predicted octanol–water partition coefficient (Wildman–Crippen LogP) is 3.05. The number of ether oxygens (including phenoxy) is 1. The summed E-state index contributed by atoms with van der Waals surface area (Å²) < 4.78 is 5.28. The molecule has 7 heteroatoms. The quantitative estimate of drug-likeness (QED) is 0.821. The lowest BCUT2D eigenvalue weighted by molar-refractivity contribution is -0.122. The maximum absolute atomic E-state index is 12.5. The summed E-state index contributed by atoms with van der Waals surface area (Å²) in [6.07, 6.45) is 0.0785. The number of methoxy groups -OCH3 is 1. The van der Waals surface area contributed by atoms with Gasteiger partial charge in [-0.3, -0.25) is 9.59 Å². The highest BCUT2D eigenvalue weighted by Gasteiger charge is 2.36. The van der Waals surface area contributed by atoms with Crippen molar-refractivity contribution in [2.75, 3.05) is 23.9 Å². The van der Waals surface area contributed by atoms with Crippen molar-refractivity contribution in [3.63, 3.8) is 0 Å². The van der Waals surface area contributed by atoms with Crippen molar-refractivity contribution in [3.05, 3.63) is 47.5 Å². The van der Waals surface area contributed by atoms with Crippen molar-refractivity contribution in [3.8, 4) is 11.5 Å². The summed E-state index contributed by atoms with van der Waals surface area (Å²) in [6.45, 7) is 0.217. The standard InChI is InChI=1S/C18H17ClN2O4/c1-25-16-7-6-12(19)9-14(16)21-10-11(8-17(21)23)18(24)20-13-4-2-3-5-15(13)22/h2-7,9,11,22H,8,10H2,1H3,(H,20,24). The van der Waals surface area contributed by atoms with Crippen molar-refractivity contribution in [2.24, 2.45) is 5.92 Å². The fraction of sp³-hybridized carbons (Fsp3) is 0.222. The normalized spacial score (nSPS) is 16.8. The molecular formula is C18H17ClN2O4. The van der Waals surface area contributed by atoms with Crippen LogP contribution in [0.2, 0.25) is 5.02 Å². The second-order valence-corrected chi connectivity index (χ2v) is 6.16. The minimum Gasteiger partial charge on any atom is -0.506 e. The van der Waals surface area contributed by atoms with Crippen molar-refractivity contribution in [1.82, 2.24) is 0 Å². The Hall–Kier alpha value is -2.73. The molecule has 2 amide bonds. The van der Waals surface area contributed by atoms with Crippen LogP contribution in [0, 0.1) is 5.92 Å². The van der Waals surface area contributed by atoms with Crippen LogP contribution >= 0.6 is 11.6 Å². The van der Waals surface area contributed by atoms with Crippen LogP contribution in [-0.4, -0.2) is 30.6 Å². The molecule has 1 aliphatic heterocycles. The van der Waals surface area contributed by atoms with Gasteiger partial charge in [-0.1, -0.05) is 23.7 Å². The van der Waals surface area contributed by atoms with Gasteiger partial charge in [-0.15, -0.1) is 0 Å². The van der Waals surface area contributed by atoms with Crippen LogP contribution in [0.4, 0.5) is 11.4 Å². The number of nitrogens with zero attached hydrogens (tertiary/aromatic N) is 1. The number of phenols is 1. The Morgan fingerprint density at radius 2 is 2.08 bits per heavy atom. The van der Waals surface area contributed by atoms with Gasteiger partial charge in [0.25, 0.3) is 0 Å². The molecule has 2 aromatic carbocycles. The molecule has 1 heterocycles. The predicted molar refractivity (Wildman–Crippen MR) is 95.2 cm³/mol. The van der Waals surface area contributed by atoms with Crippen LogP contribution in [0.1, 0.15) is 6.42 Å². The summed E-state index contributed by atoms with van der Waals surface area (Å²) in [5, 5.41) is 12.9. The monoisotopic (exact) mass is 360 g/mol. The molecule has 1 saturated heterocycles. The van der Waals surface area contributed by atoms with Gasteiger partial charge < -0.3 is 20.1 Å². The molecule has 0 bridgehead atoms. The maximum Gasteiger partial charge on any atom is 0.229 e. The summed E-state index contributed by atoms with van der Waals surface area (Å²) in [6, 6.07) is 11.4. The van der Waals surface area contributed by atoms with Gasteiger partial charge in [-0.25, -0.2) is 0 Å². The number of para-hydroxylation sites is 2. The fourth-order valence-corrected chi connectivity index (χ4v) is 2.97. The van der Waals surface area contributed by atoms with Gasteiger partial charge >= 0.3 is 0 Å². The van der Waals surface area contributed by atoms with Crippen LogP contribution < -0.4 is 15.0 Å². The number of carbonyl (C=O) groups excluding carboxylic acids is 2. The highest BCUT2D eigenvalue weighted by atomic mass is 35.5. The second-order valence-electron chi connectivity index (χ2n) is 5.73. The molecule has 0 aliphatic carbocycles. The number of anilines is 2. The average molecular weight is 361 g/mol. The molecule has 1 unspecified atom stereocenters. The highest BCUT2D eigenvalue weighted by Crippen LogP contribution is 2.35. The number of aromatic hydroxyl groups is 1. The Bertz CT molecular complexity index is 824. The van der Waals surface area contributed by atoms with Crippen molar-refractivity contribution >= 4 is 34.8 Å².